The third-order valence-electron chi connectivity index (χ3n) is 5.44. The average Bonchev–Trinajstić information content (AvgIpc) is 2.88. The molecule has 0 saturated carbocycles. The molecule has 1 aromatic heterocycles. The third kappa shape index (κ3) is 4.05. The SMILES string of the molecule is COc1cccc(CC2(CO)CCCN(Cc3c(C)nn(C)c3Cl)C2)c1. The number of rotatable bonds is 6. The minimum absolute atomic E-state index is 0.132. The Kier molecular flexibility index (Phi) is 5.90. The molecule has 0 radical (unpaired) electrons. The maximum Gasteiger partial charge on any atom is 0.131 e. The van der Waals surface area contributed by atoms with Crippen LogP contribution in [0.1, 0.15) is 29.7 Å². The minimum atomic E-state index is -0.132. The maximum absolute atomic E-state index is 10.2. The summed E-state index contributed by atoms with van der Waals surface area (Å²) in [5.41, 5.74) is 3.14. The average molecular weight is 378 g/mol. The summed E-state index contributed by atoms with van der Waals surface area (Å²) in [7, 11) is 3.55. The van der Waals surface area contributed by atoms with E-state index in [1.165, 1.54) is 5.56 Å². The Balaban J connectivity index is 1.75. The fourth-order valence-electron chi connectivity index (χ4n) is 4.07. The molecule has 1 N–H and O–H groups in total. The van der Waals surface area contributed by atoms with Crippen LogP contribution in [0.15, 0.2) is 24.3 Å². The lowest BCUT2D eigenvalue weighted by Gasteiger charge is -2.42. The van der Waals surface area contributed by atoms with Gasteiger partial charge in [-0.15, -0.1) is 0 Å². The van der Waals surface area contributed by atoms with Crippen LogP contribution in [0.3, 0.4) is 0 Å². The number of piperidine rings is 1. The van der Waals surface area contributed by atoms with Crippen molar-refractivity contribution in [1.29, 1.82) is 0 Å². The number of aliphatic hydroxyl groups excluding tert-OH is 1. The lowest BCUT2D eigenvalue weighted by Crippen LogP contribution is -2.46. The molecule has 142 valence electrons. The van der Waals surface area contributed by atoms with Gasteiger partial charge in [0.15, 0.2) is 0 Å². The Bertz CT molecular complexity index is 762. The van der Waals surface area contributed by atoms with Gasteiger partial charge >= 0.3 is 0 Å². The van der Waals surface area contributed by atoms with Crippen molar-refractivity contribution in [3.63, 3.8) is 0 Å². The Morgan fingerprint density at radius 3 is 2.85 bits per heavy atom. The van der Waals surface area contributed by atoms with Crippen molar-refractivity contribution in [1.82, 2.24) is 14.7 Å². The molecule has 0 spiro atoms. The summed E-state index contributed by atoms with van der Waals surface area (Å²) in [6.07, 6.45) is 2.94. The smallest absolute Gasteiger partial charge is 0.131 e. The van der Waals surface area contributed by atoms with E-state index in [2.05, 4.69) is 22.1 Å². The van der Waals surface area contributed by atoms with Gasteiger partial charge in [0, 0.05) is 31.1 Å². The number of hydrogen-bond donors (Lipinski definition) is 1. The third-order valence-corrected chi connectivity index (χ3v) is 5.91. The van der Waals surface area contributed by atoms with Crippen molar-refractivity contribution < 1.29 is 9.84 Å². The number of ether oxygens (including phenoxy) is 1. The second-order valence-corrected chi connectivity index (χ2v) is 7.84. The zero-order valence-electron chi connectivity index (χ0n) is 15.8. The van der Waals surface area contributed by atoms with Gasteiger partial charge in [-0.3, -0.25) is 9.58 Å². The molecule has 1 aliphatic heterocycles. The predicted octanol–water partition coefficient (Wildman–Crippen LogP) is 3.21. The number of hydrogen-bond acceptors (Lipinski definition) is 4. The highest BCUT2D eigenvalue weighted by molar-refractivity contribution is 6.30. The molecule has 5 nitrogen and oxygen atoms in total. The summed E-state index contributed by atoms with van der Waals surface area (Å²) in [4.78, 5) is 2.40. The van der Waals surface area contributed by atoms with Gasteiger partial charge in [-0.1, -0.05) is 23.7 Å². The molecule has 1 saturated heterocycles. The normalized spacial score (nSPS) is 21.1. The van der Waals surface area contributed by atoms with Gasteiger partial charge in [-0.2, -0.15) is 5.10 Å². The first-order valence-corrected chi connectivity index (χ1v) is 9.48. The molecule has 1 fully saturated rings. The molecule has 0 amide bonds. The maximum atomic E-state index is 10.2. The molecule has 6 heteroatoms. The van der Waals surface area contributed by atoms with Crippen LogP contribution in [0.2, 0.25) is 5.15 Å². The lowest BCUT2D eigenvalue weighted by molar-refractivity contribution is 0.0287. The van der Waals surface area contributed by atoms with E-state index in [-0.39, 0.29) is 12.0 Å². The molecule has 1 atom stereocenters. The number of aryl methyl sites for hydroxylation is 2. The summed E-state index contributed by atoms with van der Waals surface area (Å²) in [6, 6.07) is 8.15. The molecule has 1 unspecified atom stereocenters. The standard InChI is InChI=1S/C20H28ClN3O2/c1-15-18(19(21)23(2)22-15)12-24-9-5-8-20(13-24,14-25)11-16-6-4-7-17(10-16)26-3/h4,6-7,10,25H,5,8-9,11-14H2,1-3H3. The summed E-state index contributed by atoms with van der Waals surface area (Å²) in [6.45, 7) is 4.83. The van der Waals surface area contributed by atoms with E-state index >= 15 is 0 Å². The second-order valence-electron chi connectivity index (χ2n) is 7.48. The van der Waals surface area contributed by atoms with Gasteiger partial charge in [0.2, 0.25) is 0 Å². The van der Waals surface area contributed by atoms with Crippen molar-refractivity contribution >= 4 is 11.6 Å². The Labute approximate surface area is 160 Å². The molecule has 1 aromatic carbocycles. The molecule has 1 aliphatic rings. The van der Waals surface area contributed by atoms with Crippen LogP contribution in [-0.2, 0) is 20.0 Å². The van der Waals surface area contributed by atoms with Crippen molar-refractivity contribution in [2.75, 3.05) is 26.8 Å². The van der Waals surface area contributed by atoms with Crippen LogP contribution in [0.5, 0.6) is 5.75 Å². The Morgan fingerprint density at radius 2 is 2.19 bits per heavy atom. The molecule has 0 bridgehead atoms. The molecule has 2 aromatic rings. The highest BCUT2D eigenvalue weighted by atomic mass is 35.5. The van der Waals surface area contributed by atoms with Gasteiger partial charge in [-0.05, 0) is 50.4 Å². The predicted molar refractivity (Wildman–Crippen MR) is 104 cm³/mol. The quantitative estimate of drug-likeness (QED) is 0.839. The summed E-state index contributed by atoms with van der Waals surface area (Å²) >= 11 is 6.41. The monoisotopic (exact) mass is 377 g/mol. The van der Waals surface area contributed by atoms with E-state index in [1.54, 1.807) is 11.8 Å². The number of nitrogens with zero attached hydrogens (tertiary/aromatic N) is 3. The van der Waals surface area contributed by atoms with E-state index in [0.29, 0.717) is 5.15 Å². The summed E-state index contributed by atoms with van der Waals surface area (Å²) < 4.78 is 7.07. The second kappa shape index (κ2) is 7.99. The van der Waals surface area contributed by atoms with Crippen LogP contribution in [0.4, 0.5) is 0 Å². The van der Waals surface area contributed by atoms with E-state index in [0.717, 1.165) is 55.9 Å². The van der Waals surface area contributed by atoms with E-state index in [4.69, 9.17) is 16.3 Å². The van der Waals surface area contributed by atoms with Gasteiger partial charge in [0.1, 0.15) is 10.9 Å². The topological polar surface area (TPSA) is 50.5 Å². The van der Waals surface area contributed by atoms with Crippen molar-refractivity contribution in [2.24, 2.45) is 12.5 Å². The highest BCUT2D eigenvalue weighted by Crippen LogP contribution is 2.35. The van der Waals surface area contributed by atoms with Crippen LogP contribution < -0.4 is 4.74 Å². The first-order chi connectivity index (χ1) is 12.5. The Morgan fingerprint density at radius 1 is 1.38 bits per heavy atom. The fourth-order valence-corrected chi connectivity index (χ4v) is 4.30. The first kappa shape index (κ1) is 19.2. The van der Waals surface area contributed by atoms with Crippen LogP contribution in [-0.4, -0.2) is 46.6 Å². The molecule has 2 heterocycles. The van der Waals surface area contributed by atoms with Crippen LogP contribution >= 0.6 is 11.6 Å². The lowest BCUT2D eigenvalue weighted by atomic mass is 9.75. The number of aromatic nitrogens is 2. The molecule has 3 rings (SSSR count). The molecule has 26 heavy (non-hydrogen) atoms. The number of methoxy groups -OCH3 is 1. The van der Waals surface area contributed by atoms with Gasteiger partial charge in [0.05, 0.1) is 19.4 Å². The number of likely N-dealkylation sites (tertiary alicyclic amines) is 1. The van der Waals surface area contributed by atoms with Crippen molar-refractivity contribution in [3.05, 3.63) is 46.2 Å². The van der Waals surface area contributed by atoms with Crippen LogP contribution in [0.25, 0.3) is 0 Å². The van der Waals surface area contributed by atoms with Gasteiger partial charge in [0.25, 0.3) is 0 Å². The zero-order valence-corrected chi connectivity index (χ0v) is 16.6. The van der Waals surface area contributed by atoms with Gasteiger partial charge < -0.3 is 9.84 Å². The highest BCUT2D eigenvalue weighted by Gasteiger charge is 2.35. The number of aliphatic hydroxyl groups is 1. The Hall–Kier alpha value is -1.56. The molecule has 0 aliphatic carbocycles. The van der Waals surface area contributed by atoms with Crippen molar-refractivity contribution in [3.8, 4) is 5.75 Å². The van der Waals surface area contributed by atoms with E-state index in [1.807, 2.05) is 26.1 Å². The van der Waals surface area contributed by atoms with E-state index < -0.39 is 0 Å². The fraction of sp³-hybridized carbons (Fsp3) is 0.550. The largest absolute Gasteiger partial charge is 0.497 e. The van der Waals surface area contributed by atoms with Gasteiger partial charge in [-0.25, -0.2) is 0 Å². The first-order valence-electron chi connectivity index (χ1n) is 9.10. The van der Waals surface area contributed by atoms with E-state index in [9.17, 15) is 5.11 Å². The minimum Gasteiger partial charge on any atom is -0.497 e. The zero-order chi connectivity index (χ0) is 18.7. The molecular weight excluding hydrogens is 350 g/mol. The number of halogens is 1. The molecular formula is C20H28ClN3O2. The van der Waals surface area contributed by atoms with Crippen LogP contribution in [0, 0.1) is 12.3 Å². The van der Waals surface area contributed by atoms with Crippen molar-refractivity contribution in [2.45, 2.75) is 32.7 Å². The number of benzene rings is 1. The summed E-state index contributed by atoms with van der Waals surface area (Å²) in [5.74, 6) is 0.862. The summed E-state index contributed by atoms with van der Waals surface area (Å²) in [5, 5.41) is 15.3.